The fraction of sp³-hybridized carbons (Fsp3) is 0.562. The van der Waals surface area contributed by atoms with E-state index in [4.69, 9.17) is 4.42 Å². The highest BCUT2D eigenvalue weighted by molar-refractivity contribution is 7.09. The van der Waals surface area contributed by atoms with Crippen LogP contribution in [0.5, 0.6) is 0 Å². The monoisotopic (exact) mass is 305 g/mol. The van der Waals surface area contributed by atoms with Crippen molar-refractivity contribution in [1.29, 1.82) is 0 Å². The molecule has 2 aromatic heterocycles. The highest BCUT2D eigenvalue weighted by atomic mass is 32.1. The molecule has 1 aliphatic carbocycles. The van der Waals surface area contributed by atoms with Crippen LogP contribution in [0.4, 0.5) is 0 Å². The maximum absolute atomic E-state index is 5.89. The Morgan fingerprint density at radius 1 is 1.38 bits per heavy atom. The van der Waals surface area contributed by atoms with Gasteiger partial charge in [-0.25, -0.2) is 4.98 Å². The molecule has 5 heteroatoms. The van der Waals surface area contributed by atoms with Gasteiger partial charge in [-0.3, -0.25) is 4.90 Å². The van der Waals surface area contributed by atoms with E-state index in [1.807, 2.05) is 5.51 Å². The second-order valence-corrected chi connectivity index (χ2v) is 6.92. The Bertz CT molecular complexity index is 600. The normalized spacial score (nSPS) is 15.0. The summed E-state index contributed by atoms with van der Waals surface area (Å²) in [7, 11) is 2.12. The molecule has 1 saturated carbocycles. The van der Waals surface area contributed by atoms with E-state index in [9.17, 15) is 0 Å². The summed E-state index contributed by atoms with van der Waals surface area (Å²) in [5, 5.41) is 3.54. The SMILES string of the molecule is Cc1ncsc1CN(C)Cc1cc(CNC2CC2)c(C)o1. The summed E-state index contributed by atoms with van der Waals surface area (Å²) in [6.07, 6.45) is 2.64. The van der Waals surface area contributed by atoms with E-state index in [1.54, 1.807) is 11.3 Å². The number of furan rings is 1. The molecule has 1 N–H and O–H groups in total. The first-order chi connectivity index (χ1) is 10.1. The number of aromatic nitrogens is 1. The molecule has 0 unspecified atom stereocenters. The van der Waals surface area contributed by atoms with Gasteiger partial charge in [-0.2, -0.15) is 0 Å². The van der Waals surface area contributed by atoms with Crippen molar-refractivity contribution in [3.05, 3.63) is 39.2 Å². The minimum absolute atomic E-state index is 0.736. The summed E-state index contributed by atoms with van der Waals surface area (Å²) in [4.78, 5) is 7.91. The Morgan fingerprint density at radius 3 is 2.86 bits per heavy atom. The fourth-order valence-electron chi connectivity index (χ4n) is 2.43. The van der Waals surface area contributed by atoms with Gasteiger partial charge < -0.3 is 9.73 Å². The minimum Gasteiger partial charge on any atom is -0.465 e. The third kappa shape index (κ3) is 3.93. The lowest BCUT2D eigenvalue weighted by Crippen LogP contribution is -2.17. The van der Waals surface area contributed by atoms with Gasteiger partial charge in [0.1, 0.15) is 11.5 Å². The van der Waals surface area contributed by atoms with Crippen molar-refractivity contribution in [2.75, 3.05) is 7.05 Å². The molecule has 0 bridgehead atoms. The number of thiazole rings is 1. The van der Waals surface area contributed by atoms with Crippen LogP contribution < -0.4 is 5.32 Å². The molecule has 4 nitrogen and oxygen atoms in total. The van der Waals surface area contributed by atoms with Gasteiger partial charge in [0.2, 0.25) is 0 Å². The quantitative estimate of drug-likeness (QED) is 0.852. The molecular formula is C16H23N3OS. The molecule has 21 heavy (non-hydrogen) atoms. The largest absolute Gasteiger partial charge is 0.465 e. The van der Waals surface area contributed by atoms with Gasteiger partial charge in [0.15, 0.2) is 0 Å². The second kappa shape index (κ2) is 6.30. The highest BCUT2D eigenvalue weighted by Crippen LogP contribution is 2.22. The molecule has 0 atom stereocenters. The summed E-state index contributed by atoms with van der Waals surface area (Å²) < 4.78 is 5.89. The zero-order valence-electron chi connectivity index (χ0n) is 13.0. The number of hydrogen-bond donors (Lipinski definition) is 1. The van der Waals surface area contributed by atoms with Crippen molar-refractivity contribution in [2.45, 2.75) is 52.4 Å². The van der Waals surface area contributed by atoms with E-state index in [-0.39, 0.29) is 0 Å². The van der Waals surface area contributed by atoms with Crippen LogP contribution >= 0.6 is 11.3 Å². The third-order valence-corrected chi connectivity index (χ3v) is 4.83. The number of rotatable bonds is 7. The van der Waals surface area contributed by atoms with Gasteiger partial charge in [-0.05, 0) is 39.8 Å². The van der Waals surface area contributed by atoms with Crippen LogP contribution in [-0.4, -0.2) is 23.0 Å². The van der Waals surface area contributed by atoms with Crippen LogP contribution in [0.2, 0.25) is 0 Å². The molecule has 0 saturated heterocycles. The maximum atomic E-state index is 5.89. The fourth-order valence-corrected chi connectivity index (χ4v) is 3.28. The van der Waals surface area contributed by atoms with Gasteiger partial charge in [-0.15, -0.1) is 11.3 Å². The van der Waals surface area contributed by atoms with E-state index in [0.29, 0.717) is 0 Å². The molecule has 1 aliphatic rings. The average Bonchev–Trinajstić information content (AvgIpc) is 3.09. The Morgan fingerprint density at radius 2 is 2.19 bits per heavy atom. The summed E-state index contributed by atoms with van der Waals surface area (Å²) in [6.45, 7) is 6.81. The van der Waals surface area contributed by atoms with Crippen molar-refractivity contribution < 1.29 is 4.42 Å². The Kier molecular flexibility index (Phi) is 4.42. The average molecular weight is 305 g/mol. The van der Waals surface area contributed by atoms with E-state index < -0.39 is 0 Å². The van der Waals surface area contributed by atoms with Gasteiger partial charge in [0.25, 0.3) is 0 Å². The van der Waals surface area contributed by atoms with Crippen molar-refractivity contribution in [1.82, 2.24) is 15.2 Å². The van der Waals surface area contributed by atoms with Crippen molar-refractivity contribution in [2.24, 2.45) is 0 Å². The molecule has 0 amide bonds. The predicted molar refractivity (Wildman–Crippen MR) is 85.3 cm³/mol. The third-order valence-electron chi connectivity index (χ3n) is 3.91. The lowest BCUT2D eigenvalue weighted by Gasteiger charge is -2.14. The summed E-state index contributed by atoms with van der Waals surface area (Å²) in [5.74, 6) is 2.09. The number of nitrogens with one attached hydrogen (secondary N) is 1. The molecule has 0 aliphatic heterocycles. The van der Waals surface area contributed by atoms with Gasteiger partial charge in [-0.1, -0.05) is 0 Å². The number of aryl methyl sites for hydroxylation is 2. The van der Waals surface area contributed by atoms with Gasteiger partial charge >= 0.3 is 0 Å². The number of hydrogen-bond acceptors (Lipinski definition) is 5. The Hall–Kier alpha value is -1.17. The van der Waals surface area contributed by atoms with Crippen LogP contribution in [0.3, 0.4) is 0 Å². The molecule has 3 rings (SSSR count). The Balaban J connectivity index is 1.56. The molecule has 2 aromatic rings. The summed E-state index contributed by atoms with van der Waals surface area (Å²) in [6, 6.07) is 2.93. The Labute approximate surface area is 130 Å². The van der Waals surface area contributed by atoms with Gasteiger partial charge in [0.05, 0.1) is 17.7 Å². The van der Waals surface area contributed by atoms with Gasteiger partial charge in [0, 0.05) is 29.6 Å². The van der Waals surface area contributed by atoms with Crippen molar-refractivity contribution >= 4 is 11.3 Å². The molecule has 0 spiro atoms. The smallest absolute Gasteiger partial charge is 0.118 e. The molecule has 0 radical (unpaired) electrons. The lowest BCUT2D eigenvalue weighted by molar-refractivity contribution is 0.286. The van der Waals surface area contributed by atoms with E-state index in [0.717, 1.165) is 42.9 Å². The van der Waals surface area contributed by atoms with Crippen LogP contribution in [0.25, 0.3) is 0 Å². The first kappa shape index (κ1) is 14.8. The second-order valence-electron chi connectivity index (χ2n) is 5.98. The first-order valence-electron chi connectivity index (χ1n) is 7.51. The van der Waals surface area contributed by atoms with E-state index >= 15 is 0 Å². The van der Waals surface area contributed by atoms with Crippen LogP contribution in [-0.2, 0) is 19.6 Å². The molecule has 2 heterocycles. The topological polar surface area (TPSA) is 41.3 Å². The zero-order valence-corrected chi connectivity index (χ0v) is 13.8. The molecular weight excluding hydrogens is 282 g/mol. The molecule has 114 valence electrons. The molecule has 0 aromatic carbocycles. The summed E-state index contributed by atoms with van der Waals surface area (Å²) in [5.41, 5.74) is 4.34. The molecule has 1 fully saturated rings. The lowest BCUT2D eigenvalue weighted by atomic mass is 10.2. The van der Waals surface area contributed by atoms with Crippen LogP contribution in [0, 0.1) is 13.8 Å². The zero-order chi connectivity index (χ0) is 14.8. The predicted octanol–water partition coefficient (Wildman–Crippen LogP) is 3.24. The number of nitrogens with zero attached hydrogens (tertiary/aromatic N) is 2. The maximum Gasteiger partial charge on any atom is 0.118 e. The van der Waals surface area contributed by atoms with E-state index in [1.165, 1.54) is 23.3 Å². The van der Waals surface area contributed by atoms with Crippen LogP contribution in [0.15, 0.2) is 16.0 Å². The first-order valence-corrected chi connectivity index (χ1v) is 8.39. The van der Waals surface area contributed by atoms with E-state index in [2.05, 4.69) is 42.2 Å². The van der Waals surface area contributed by atoms with Crippen molar-refractivity contribution in [3.63, 3.8) is 0 Å². The summed E-state index contributed by atoms with van der Waals surface area (Å²) >= 11 is 1.72. The van der Waals surface area contributed by atoms with Crippen LogP contribution in [0.1, 0.15) is 40.5 Å². The standard InChI is InChI=1S/C16H23N3OS/c1-11-16(21-10-18-11)9-19(3)8-15-6-13(12(2)20-15)7-17-14-4-5-14/h6,10,14,17H,4-5,7-9H2,1-3H3. The highest BCUT2D eigenvalue weighted by Gasteiger charge is 2.21. The minimum atomic E-state index is 0.736. The van der Waals surface area contributed by atoms with Crippen molar-refractivity contribution in [3.8, 4) is 0 Å².